The molecule has 1 atom stereocenters. The lowest BCUT2D eigenvalue weighted by atomic mass is 9.96. The fourth-order valence-electron chi connectivity index (χ4n) is 3.56. The molecule has 27 heavy (non-hydrogen) atoms. The van der Waals surface area contributed by atoms with Crippen molar-refractivity contribution in [2.45, 2.75) is 12.5 Å². The van der Waals surface area contributed by atoms with Gasteiger partial charge < -0.3 is 20.3 Å². The van der Waals surface area contributed by atoms with Gasteiger partial charge >= 0.3 is 6.03 Å². The number of amides is 3. The van der Waals surface area contributed by atoms with Crippen LogP contribution in [0.1, 0.15) is 17.2 Å². The van der Waals surface area contributed by atoms with Gasteiger partial charge in [0, 0.05) is 6.54 Å². The van der Waals surface area contributed by atoms with Crippen molar-refractivity contribution >= 4 is 11.9 Å². The summed E-state index contributed by atoms with van der Waals surface area (Å²) in [4.78, 5) is 26.8. The fourth-order valence-corrected chi connectivity index (χ4v) is 3.56. The molecule has 6 nitrogen and oxygen atoms in total. The fraction of sp³-hybridized carbons (Fsp3) is 0.238. The molecule has 0 aliphatic carbocycles. The maximum absolute atomic E-state index is 13.0. The number of nitrogens with zero attached hydrogens (tertiary/aromatic N) is 1. The second kappa shape index (κ2) is 7.15. The van der Waals surface area contributed by atoms with Crippen molar-refractivity contribution in [3.05, 3.63) is 77.0 Å². The van der Waals surface area contributed by atoms with E-state index < -0.39 is 6.04 Å². The Morgan fingerprint density at radius 1 is 1.07 bits per heavy atom. The number of hydrogen-bond acceptors (Lipinski definition) is 3. The number of ether oxygens (including phenoxy) is 1. The summed E-state index contributed by atoms with van der Waals surface area (Å²) in [6.07, 6.45) is 0.744. The number of hydrogen-bond donors (Lipinski definition) is 2. The SMILES string of the molecule is COc1ccc(CCN2CC3=C(C2=O)[C@@H](c2ccccc2)NC(=O)N3)cc1. The van der Waals surface area contributed by atoms with Gasteiger partial charge in [-0.15, -0.1) is 0 Å². The molecular weight excluding hydrogens is 342 g/mol. The van der Waals surface area contributed by atoms with Gasteiger partial charge in [-0.05, 0) is 29.7 Å². The largest absolute Gasteiger partial charge is 0.497 e. The lowest BCUT2D eigenvalue weighted by molar-refractivity contribution is -0.125. The first-order valence-corrected chi connectivity index (χ1v) is 8.93. The van der Waals surface area contributed by atoms with Crippen molar-refractivity contribution in [3.8, 4) is 5.75 Å². The number of rotatable bonds is 5. The van der Waals surface area contributed by atoms with E-state index in [0.29, 0.717) is 24.4 Å². The van der Waals surface area contributed by atoms with E-state index in [9.17, 15) is 9.59 Å². The zero-order valence-electron chi connectivity index (χ0n) is 15.1. The molecular formula is C21H21N3O3. The van der Waals surface area contributed by atoms with Gasteiger partial charge in [-0.25, -0.2) is 4.79 Å². The minimum Gasteiger partial charge on any atom is -0.497 e. The minimum absolute atomic E-state index is 0.0279. The zero-order valence-corrected chi connectivity index (χ0v) is 15.1. The predicted octanol–water partition coefficient (Wildman–Crippen LogP) is 2.39. The van der Waals surface area contributed by atoms with Crippen molar-refractivity contribution in [3.63, 3.8) is 0 Å². The lowest BCUT2D eigenvalue weighted by Gasteiger charge is -2.25. The molecule has 0 aromatic heterocycles. The van der Waals surface area contributed by atoms with Crippen LogP contribution in [0.2, 0.25) is 0 Å². The number of benzene rings is 2. The molecule has 6 heteroatoms. The Morgan fingerprint density at radius 2 is 1.81 bits per heavy atom. The van der Waals surface area contributed by atoms with Crippen molar-refractivity contribution in [2.75, 3.05) is 20.2 Å². The Balaban J connectivity index is 1.49. The van der Waals surface area contributed by atoms with Gasteiger partial charge in [0.05, 0.1) is 31.0 Å². The first-order chi connectivity index (χ1) is 13.2. The zero-order chi connectivity index (χ0) is 18.8. The Morgan fingerprint density at radius 3 is 2.52 bits per heavy atom. The summed E-state index contributed by atoms with van der Waals surface area (Å²) in [6, 6.07) is 16.7. The van der Waals surface area contributed by atoms with E-state index in [1.165, 1.54) is 0 Å². The molecule has 2 N–H and O–H groups in total. The molecule has 0 bridgehead atoms. The van der Waals surface area contributed by atoms with Gasteiger partial charge in [-0.2, -0.15) is 0 Å². The van der Waals surface area contributed by atoms with E-state index in [4.69, 9.17) is 4.74 Å². The van der Waals surface area contributed by atoms with E-state index >= 15 is 0 Å². The van der Waals surface area contributed by atoms with Crippen LogP contribution in [0.5, 0.6) is 5.75 Å². The summed E-state index contributed by atoms with van der Waals surface area (Å²) < 4.78 is 5.17. The van der Waals surface area contributed by atoms with E-state index in [1.54, 1.807) is 12.0 Å². The number of methoxy groups -OCH3 is 1. The number of carbonyl (C=O) groups excluding carboxylic acids is 2. The molecule has 2 aliphatic rings. The third-order valence-electron chi connectivity index (χ3n) is 4.98. The number of nitrogens with one attached hydrogen (secondary N) is 2. The van der Waals surface area contributed by atoms with Crippen LogP contribution < -0.4 is 15.4 Å². The monoisotopic (exact) mass is 363 g/mol. The molecule has 0 unspecified atom stereocenters. The Labute approximate surface area is 157 Å². The molecule has 3 amide bonds. The molecule has 2 heterocycles. The van der Waals surface area contributed by atoms with Crippen molar-refractivity contribution < 1.29 is 14.3 Å². The first-order valence-electron chi connectivity index (χ1n) is 8.93. The molecule has 0 spiro atoms. The highest BCUT2D eigenvalue weighted by Crippen LogP contribution is 2.32. The summed E-state index contributed by atoms with van der Waals surface area (Å²) in [7, 11) is 1.64. The predicted molar refractivity (Wildman–Crippen MR) is 101 cm³/mol. The molecule has 0 radical (unpaired) electrons. The number of carbonyl (C=O) groups is 2. The van der Waals surface area contributed by atoms with Crippen molar-refractivity contribution in [1.29, 1.82) is 0 Å². The second-order valence-corrected chi connectivity index (χ2v) is 6.66. The Kier molecular flexibility index (Phi) is 4.54. The van der Waals surface area contributed by atoms with Gasteiger partial charge in [0.2, 0.25) is 0 Å². The van der Waals surface area contributed by atoms with Gasteiger partial charge in [0.15, 0.2) is 0 Å². The molecule has 2 aromatic carbocycles. The first kappa shape index (κ1) is 17.1. The molecule has 0 saturated heterocycles. The summed E-state index contributed by atoms with van der Waals surface area (Å²) in [5.41, 5.74) is 3.38. The standard InChI is InChI=1S/C21H21N3O3/c1-27-16-9-7-14(8-10-16)11-12-24-13-17-18(20(24)25)19(23-21(26)22-17)15-5-3-2-4-6-15/h2-10,19H,11-13H2,1H3,(H2,22,23,26)/t19-/m1/s1. The van der Waals surface area contributed by atoms with E-state index in [2.05, 4.69) is 10.6 Å². The molecule has 138 valence electrons. The topological polar surface area (TPSA) is 70.7 Å². The Hall–Kier alpha value is -3.28. The molecule has 2 aromatic rings. The van der Waals surface area contributed by atoms with Crippen molar-refractivity contribution in [1.82, 2.24) is 15.5 Å². The highest BCUT2D eigenvalue weighted by Gasteiger charge is 2.39. The van der Waals surface area contributed by atoms with Gasteiger partial charge in [0.25, 0.3) is 5.91 Å². The molecule has 4 rings (SSSR count). The van der Waals surface area contributed by atoms with Gasteiger partial charge in [0.1, 0.15) is 5.75 Å². The van der Waals surface area contributed by atoms with E-state index in [1.807, 2.05) is 54.6 Å². The second-order valence-electron chi connectivity index (χ2n) is 6.66. The maximum atomic E-state index is 13.0. The third kappa shape index (κ3) is 3.38. The summed E-state index contributed by atoms with van der Waals surface area (Å²) in [5, 5.41) is 5.67. The van der Waals surface area contributed by atoms with Crippen molar-refractivity contribution in [2.24, 2.45) is 0 Å². The highest BCUT2D eigenvalue weighted by molar-refractivity contribution is 6.01. The molecule has 0 fully saturated rings. The van der Waals surface area contributed by atoms with Gasteiger partial charge in [-0.3, -0.25) is 4.79 Å². The van der Waals surface area contributed by atoms with Crippen LogP contribution in [0.4, 0.5) is 4.79 Å². The summed E-state index contributed by atoms with van der Waals surface area (Å²) in [6.45, 7) is 1.02. The summed E-state index contributed by atoms with van der Waals surface area (Å²) in [5.74, 6) is 0.785. The minimum atomic E-state index is -0.409. The van der Waals surface area contributed by atoms with Crippen LogP contribution in [0, 0.1) is 0 Å². The van der Waals surface area contributed by atoms with Crippen LogP contribution in [-0.4, -0.2) is 37.0 Å². The Bertz CT molecular complexity index is 891. The summed E-state index contributed by atoms with van der Waals surface area (Å²) >= 11 is 0. The van der Waals surface area contributed by atoms with Crippen LogP contribution in [-0.2, 0) is 11.2 Å². The highest BCUT2D eigenvalue weighted by atomic mass is 16.5. The van der Waals surface area contributed by atoms with Crippen LogP contribution in [0.25, 0.3) is 0 Å². The normalized spacial score (nSPS) is 18.9. The van der Waals surface area contributed by atoms with Gasteiger partial charge in [-0.1, -0.05) is 42.5 Å². The van der Waals surface area contributed by atoms with Crippen LogP contribution in [0.3, 0.4) is 0 Å². The van der Waals surface area contributed by atoms with E-state index in [0.717, 1.165) is 23.3 Å². The molecule has 2 aliphatic heterocycles. The van der Waals surface area contributed by atoms with E-state index in [-0.39, 0.29) is 11.9 Å². The number of urea groups is 1. The third-order valence-corrected chi connectivity index (χ3v) is 4.98. The van der Waals surface area contributed by atoms with Crippen LogP contribution in [0.15, 0.2) is 65.9 Å². The van der Waals surface area contributed by atoms with Crippen LogP contribution >= 0.6 is 0 Å². The average molecular weight is 363 g/mol. The lowest BCUT2D eigenvalue weighted by Crippen LogP contribution is -2.44. The maximum Gasteiger partial charge on any atom is 0.319 e. The molecule has 0 saturated carbocycles. The average Bonchev–Trinajstić information content (AvgIpc) is 3.02. The smallest absolute Gasteiger partial charge is 0.319 e. The quantitative estimate of drug-likeness (QED) is 0.857.